The van der Waals surface area contributed by atoms with Crippen LogP contribution < -0.4 is 0 Å². The van der Waals surface area contributed by atoms with Gasteiger partial charge in [-0.2, -0.15) is 0 Å². The fraction of sp³-hybridized carbons (Fsp3) is 0.364. The molecule has 3 rings (SSSR count). The molecule has 0 fully saturated rings. The summed E-state index contributed by atoms with van der Waals surface area (Å²) >= 11 is 0. The van der Waals surface area contributed by atoms with Gasteiger partial charge in [-0.1, -0.05) is 53.7 Å². The Morgan fingerprint density at radius 1 is 0.731 bits per heavy atom. The zero-order chi connectivity index (χ0) is 19.1. The van der Waals surface area contributed by atoms with E-state index >= 15 is 0 Å². The van der Waals surface area contributed by atoms with Gasteiger partial charge in [-0.15, -0.1) is 10.2 Å². The van der Waals surface area contributed by atoms with Crippen molar-refractivity contribution in [2.75, 3.05) is 0 Å². The van der Waals surface area contributed by atoms with Gasteiger partial charge in [-0.3, -0.25) is 0 Å². The van der Waals surface area contributed by atoms with Crippen LogP contribution in [0.2, 0.25) is 0 Å². The van der Waals surface area contributed by atoms with Crippen LogP contribution >= 0.6 is 0 Å². The molecule has 0 saturated heterocycles. The van der Waals surface area contributed by atoms with Gasteiger partial charge >= 0.3 is 0 Å². The van der Waals surface area contributed by atoms with Gasteiger partial charge in [0.25, 0.3) is 0 Å². The average molecular weight is 352 g/mol. The van der Waals surface area contributed by atoms with Crippen LogP contribution in [0.25, 0.3) is 22.9 Å². The lowest BCUT2D eigenvalue weighted by molar-refractivity contribution is 0.564. The molecule has 0 bridgehead atoms. The Balaban J connectivity index is 2.09. The van der Waals surface area contributed by atoms with Crippen LogP contribution in [0.15, 0.2) is 46.9 Å². The van der Waals surface area contributed by atoms with Crippen LogP contribution in [0.3, 0.4) is 0 Å². The van der Waals surface area contributed by atoms with E-state index in [1.54, 1.807) is 12.1 Å². The zero-order valence-corrected chi connectivity index (χ0v) is 16.2. The minimum atomic E-state index is -0.327. The van der Waals surface area contributed by atoms with Gasteiger partial charge in [0.2, 0.25) is 11.8 Å². The molecular formula is C22H25FN2O. The molecule has 1 aromatic heterocycles. The summed E-state index contributed by atoms with van der Waals surface area (Å²) < 4.78 is 19.3. The van der Waals surface area contributed by atoms with Gasteiger partial charge in [0.05, 0.1) is 0 Å². The smallest absolute Gasteiger partial charge is 0.248 e. The van der Waals surface area contributed by atoms with Gasteiger partial charge in [0.1, 0.15) is 5.82 Å². The monoisotopic (exact) mass is 352 g/mol. The van der Waals surface area contributed by atoms with Crippen molar-refractivity contribution in [3.63, 3.8) is 0 Å². The first-order valence-electron chi connectivity index (χ1n) is 8.80. The molecule has 3 nitrogen and oxygen atoms in total. The first-order valence-corrected chi connectivity index (χ1v) is 8.80. The lowest BCUT2D eigenvalue weighted by Gasteiger charge is -2.25. The third-order valence-corrected chi connectivity index (χ3v) is 4.41. The minimum absolute atomic E-state index is 0.00141. The summed E-state index contributed by atoms with van der Waals surface area (Å²) in [6.45, 7) is 13.1. The summed E-state index contributed by atoms with van der Waals surface area (Å²) in [7, 11) is 0. The molecular weight excluding hydrogens is 327 g/mol. The Morgan fingerprint density at radius 2 is 1.27 bits per heavy atom. The van der Waals surface area contributed by atoms with Crippen molar-refractivity contribution in [3.8, 4) is 22.9 Å². The zero-order valence-electron chi connectivity index (χ0n) is 16.2. The molecule has 3 aromatic rings. The van der Waals surface area contributed by atoms with Gasteiger partial charge in [-0.25, -0.2) is 4.39 Å². The molecule has 2 aromatic carbocycles. The quantitative estimate of drug-likeness (QED) is 0.556. The maximum absolute atomic E-state index is 13.5. The lowest BCUT2D eigenvalue weighted by atomic mass is 9.79. The van der Waals surface area contributed by atoms with Crippen molar-refractivity contribution < 1.29 is 8.81 Å². The topological polar surface area (TPSA) is 38.9 Å². The summed E-state index contributed by atoms with van der Waals surface area (Å²) in [6.07, 6.45) is 0. The van der Waals surface area contributed by atoms with Gasteiger partial charge < -0.3 is 4.42 Å². The van der Waals surface area contributed by atoms with Crippen molar-refractivity contribution in [2.45, 2.75) is 52.4 Å². The highest BCUT2D eigenvalue weighted by atomic mass is 19.1. The number of hydrogen-bond donors (Lipinski definition) is 0. The van der Waals surface area contributed by atoms with Crippen LogP contribution in [0.5, 0.6) is 0 Å². The van der Waals surface area contributed by atoms with E-state index in [1.165, 1.54) is 23.3 Å². The van der Waals surface area contributed by atoms with Crippen molar-refractivity contribution in [2.24, 2.45) is 0 Å². The molecule has 26 heavy (non-hydrogen) atoms. The molecule has 0 aliphatic rings. The number of benzene rings is 2. The third kappa shape index (κ3) is 3.85. The van der Waals surface area contributed by atoms with Gasteiger partial charge in [0.15, 0.2) is 0 Å². The summed E-state index contributed by atoms with van der Waals surface area (Å²) in [4.78, 5) is 0. The second-order valence-electron chi connectivity index (χ2n) is 8.72. The molecule has 136 valence electrons. The second kappa shape index (κ2) is 6.35. The largest absolute Gasteiger partial charge is 0.416 e. The van der Waals surface area contributed by atoms with E-state index < -0.39 is 0 Å². The normalized spacial score (nSPS) is 12.4. The molecule has 1 heterocycles. The molecule has 4 heteroatoms. The molecule has 0 atom stereocenters. The van der Waals surface area contributed by atoms with E-state index in [4.69, 9.17) is 4.42 Å². The average Bonchev–Trinajstić information content (AvgIpc) is 3.03. The second-order valence-corrected chi connectivity index (χ2v) is 8.72. The standard InChI is InChI=1S/C22H25FN2O/c1-21(2,3)16-10-15(11-17(13-16)22(4,5)6)20-25-24-19(26-20)14-8-7-9-18(23)12-14/h7-13H,1-6H3. The van der Waals surface area contributed by atoms with Gasteiger partial charge in [0, 0.05) is 11.1 Å². The predicted molar refractivity (Wildman–Crippen MR) is 103 cm³/mol. The van der Waals surface area contributed by atoms with E-state index in [9.17, 15) is 4.39 Å². The van der Waals surface area contributed by atoms with Crippen LogP contribution in [-0.4, -0.2) is 10.2 Å². The van der Waals surface area contributed by atoms with E-state index in [1.807, 2.05) is 0 Å². The molecule has 0 aliphatic carbocycles. The maximum atomic E-state index is 13.5. The van der Waals surface area contributed by atoms with Crippen molar-refractivity contribution in [1.82, 2.24) is 10.2 Å². The lowest BCUT2D eigenvalue weighted by Crippen LogP contribution is -2.16. The maximum Gasteiger partial charge on any atom is 0.248 e. The molecule has 0 spiro atoms. The number of nitrogens with zero attached hydrogens (tertiary/aromatic N) is 2. The number of rotatable bonds is 2. The number of halogens is 1. The molecule has 0 unspecified atom stereocenters. The van der Waals surface area contributed by atoms with Crippen LogP contribution in [0, 0.1) is 5.82 Å². The predicted octanol–water partition coefficient (Wildman–Crippen LogP) is 6.14. The fourth-order valence-electron chi connectivity index (χ4n) is 2.70. The number of aromatic nitrogens is 2. The summed E-state index contributed by atoms with van der Waals surface area (Å²) in [5, 5.41) is 8.30. The summed E-state index contributed by atoms with van der Waals surface area (Å²) in [5.74, 6) is 0.436. The molecule has 0 saturated carbocycles. The summed E-state index contributed by atoms with van der Waals surface area (Å²) in [6, 6.07) is 12.6. The van der Waals surface area contributed by atoms with Crippen LogP contribution in [0.1, 0.15) is 52.7 Å². The Bertz CT molecular complexity index is 898. The summed E-state index contributed by atoms with van der Waals surface area (Å²) in [5.41, 5.74) is 3.89. The first kappa shape index (κ1) is 18.3. The third-order valence-electron chi connectivity index (χ3n) is 4.41. The van der Waals surface area contributed by atoms with E-state index in [-0.39, 0.29) is 16.6 Å². The van der Waals surface area contributed by atoms with E-state index in [0.717, 1.165) is 5.56 Å². The Labute approximate surface area is 154 Å². The Morgan fingerprint density at radius 3 is 1.77 bits per heavy atom. The van der Waals surface area contributed by atoms with Crippen LogP contribution in [0.4, 0.5) is 4.39 Å². The van der Waals surface area contributed by atoms with Crippen molar-refractivity contribution >= 4 is 0 Å². The van der Waals surface area contributed by atoms with Crippen molar-refractivity contribution in [1.29, 1.82) is 0 Å². The fourth-order valence-corrected chi connectivity index (χ4v) is 2.70. The highest BCUT2D eigenvalue weighted by Gasteiger charge is 2.22. The SMILES string of the molecule is CC(C)(C)c1cc(-c2nnc(-c3cccc(F)c3)o2)cc(C(C)(C)C)c1. The first-order chi connectivity index (χ1) is 12.0. The Hall–Kier alpha value is -2.49. The van der Waals surface area contributed by atoms with Gasteiger partial charge in [-0.05, 0) is 52.3 Å². The number of hydrogen-bond acceptors (Lipinski definition) is 3. The van der Waals surface area contributed by atoms with E-state index in [0.29, 0.717) is 17.3 Å². The molecule has 0 N–H and O–H groups in total. The minimum Gasteiger partial charge on any atom is -0.416 e. The van der Waals surface area contributed by atoms with E-state index in [2.05, 4.69) is 69.9 Å². The highest BCUT2D eigenvalue weighted by Crippen LogP contribution is 2.34. The molecule has 0 aliphatic heterocycles. The van der Waals surface area contributed by atoms with Crippen LogP contribution in [-0.2, 0) is 10.8 Å². The Kier molecular flexibility index (Phi) is 4.47. The van der Waals surface area contributed by atoms with Crippen molar-refractivity contribution in [3.05, 3.63) is 59.4 Å². The highest BCUT2D eigenvalue weighted by molar-refractivity contribution is 5.60. The molecule has 0 radical (unpaired) electrons. The molecule has 0 amide bonds.